The van der Waals surface area contributed by atoms with Crippen LogP contribution in [-0.4, -0.2) is 27.3 Å². The van der Waals surface area contributed by atoms with E-state index in [2.05, 4.69) is 21.4 Å². The number of carbonyl (C=O) groups is 1. The number of nitrogens with zero attached hydrogens (tertiary/aromatic N) is 4. The van der Waals surface area contributed by atoms with Crippen molar-refractivity contribution in [3.05, 3.63) is 119 Å². The molecule has 33 heavy (non-hydrogen) atoms. The molecule has 4 aromatic rings. The van der Waals surface area contributed by atoms with Crippen LogP contribution in [0.3, 0.4) is 0 Å². The molecule has 0 bridgehead atoms. The molecule has 1 N–H and O–H groups in total. The molecular weight excluding hydrogens is 410 g/mol. The van der Waals surface area contributed by atoms with Gasteiger partial charge in [-0.05, 0) is 60.0 Å². The first-order valence-corrected chi connectivity index (χ1v) is 10.7. The molecule has 162 valence electrons. The molecule has 0 aliphatic rings. The van der Waals surface area contributed by atoms with Crippen LogP contribution in [0.15, 0.2) is 91.5 Å². The number of nitriles is 1. The third-order valence-corrected chi connectivity index (χ3v) is 5.40. The summed E-state index contributed by atoms with van der Waals surface area (Å²) in [4.78, 5) is 25.0. The topological polar surface area (TPSA) is 91.6 Å². The van der Waals surface area contributed by atoms with E-state index in [-0.39, 0.29) is 24.2 Å². The van der Waals surface area contributed by atoms with Crippen molar-refractivity contribution >= 4 is 11.6 Å². The van der Waals surface area contributed by atoms with Gasteiger partial charge >= 0.3 is 0 Å². The summed E-state index contributed by atoms with van der Waals surface area (Å²) in [5.41, 5.74) is 4.39. The molecule has 1 unspecified atom stereocenters. The van der Waals surface area contributed by atoms with E-state index < -0.39 is 0 Å². The van der Waals surface area contributed by atoms with Gasteiger partial charge in [0.05, 0.1) is 23.9 Å². The highest BCUT2D eigenvalue weighted by Crippen LogP contribution is 2.42. The Morgan fingerprint density at radius 2 is 1.58 bits per heavy atom. The number of anilines is 1. The van der Waals surface area contributed by atoms with Gasteiger partial charge in [-0.2, -0.15) is 5.26 Å². The maximum Gasteiger partial charge on any atom is 0.148 e. The summed E-state index contributed by atoms with van der Waals surface area (Å²) in [5, 5.41) is 12.6. The minimum absolute atomic E-state index is 0.0315. The molecular formula is C27H23N5O. The Bertz CT molecular complexity index is 1230. The molecule has 0 aliphatic carbocycles. The molecule has 0 aliphatic heterocycles. The zero-order chi connectivity index (χ0) is 23.0. The monoisotopic (exact) mass is 433 g/mol. The lowest BCUT2D eigenvalue weighted by Gasteiger charge is -2.28. The molecule has 0 spiro atoms. The van der Waals surface area contributed by atoms with Gasteiger partial charge in [-0.25, -0.2) is 4.98 Å². The Kier molecular flexibility index (Phi) is 6.81. The highest BCUT2D eigenvalue weighted by molar-refractivity contribution is 5.80. The van der Waals surface area contributed by atoms with Gasteiger partial charge in [0.15, 0.2) is 0 Å². The average Bonchev–Trinajstić information content (AvgIpc) is 2.87. The van der Waals surface area contributed by atoms with Crippen molar-refractivity contribution in [2.75, 3.05) is 11.9 Å². The molecule has 4 rings (SSSR count). The quantitative estimate of drug-likeness (QED) is 0.433. The lowest BCUT2D eigenvalue weighted by molar-refractivity contribution is -0.115. The minimum atomic E-state index is -0.217. The third kappa shape index (κ3) is 5.28. The number of nitrogens with one attached hydrogen (secondary N) is 1. The van der Waals surface area contributed by atoms with E-state index in [0.717, 1.165) is 22.4 Å². The number of rotatable bonds is 8. The van der Waals surface area contributed by atoms with Crippen molar-refractivity contribution in [2.24, 2.45) is 0 Å². The fourth-order valence-corrected chi connectivity index (χ4v) is 3.97. The third-order valence-electron chi connectivity index (χ3n) is 5.40. The van der Waals surface area contributed by atoms with Gasteiger partial charge in [0.1, 0.15) is 11.6 Å². The van der Waals surface area contributed by atoms with Gasteiger partial charge in [0.25, 0.3) is 0 Å². The largest absolute Gasteiger partial charge is 0.363 e. The number of Topliss-reactive ketones (excluding diaryl/α,β-unsaturated/α-hetero) is 1. The van der Waals surface area contributed by atoms with E-state index >= 15 is 0 Å². The lowest BCUT2D eigenvalue weighted by atomic mass is 9.76. The highest BCUT2D eigenvalue weighted by Gasteiger charge is 2.30. The standard InChI is InChI=1S/C27H23N5O/c1-19(33)16-31-25-11-3-10-24(32-25)27(21-7-2-6-20(14-21)15-28)26(22-8-4-12-29-17-22)23-9-5-13-30-18-23/h2-14,17-18,26-27H,16H2,1H3,(H,31,32). The number of benzene rings is 1. The van der Waals surface area contributed by atoms with Crippen LogP contribution in [0.4, 0.5) is 5.82 Å². The smallest absolute Gasteiger partial charge is 0.148 e. The minimum Gasteiger partial charge on any atom is -0.363 e. The van der Waals surface area contributed by atoms with Gasteiger partial charge in [-0.1, -0.05) is 30.3 Å². The van der Waals surface area contributed by atoms with Crippen LogP contribution in [0, 0.1) is 11.3 Å². The molecule has 1 atom stereocenters. The molecule has 6 nitrogen and oxygen atoms in total. The summed E-state index contributed by atoms with van der Waals surface area (Å²) < 4.78 is 0. The van der Waals surface area contributed by atoms with Gasteiger partial charge < -0.3 is 5.32 Å². The zero-order valence-electron chi connectivity index (χ0n) is 18.2. The molecule has 0 radical (unpaired) electrons. The Labute approximate surface area is 193 Å². The SMILES string of the molecule is CC(=O)CNc1cccc(C(c2cccc(C#N)c2)C(c2cccnc2)c2cccnc2)n1. The molecule has 0 amide bonds. The van der Waals surface area contributed by atoms with Crippen LogP contribution < -0.4 is 5.32 Å². The molecule has 0 fully saturated rings. The Morgan fingerprint density at radius 1 is 0.909 bits per heavy atom. The van der Waals surface area contributed by atoms with E-state index in [9.17, 15) is 10.1 Å². The van der Waals surface area contributed by atoms with Crippen molar-refractivity contribution in [2.45, 2.75) is 18.8 Å². The van der Waals surface area contributed by atoms with E-state index in [0.29, 0.717) is 11.4 Å². The Hall–Kier alpha value is -4.37. The van der Waals surface area contributed by atoms with Crippen LogP contribution in [-0.2, 0) is 4.79 Å². The van der Waals surface area contributed by atoms with Crippen molar-refractivity contribution in [1.29, 1.82) is 5.26 Å². The van der Waals surface area contributed by atoms with Crippen LogP contribution in [0.2, 0.25) is 0 Å². The molecule has 0 saturated carbocycles. The van der Waals surface area contributed by atoms with Crippen LogP contribution in [0.25, 0.3) is 0 Å². The fraction of sp³-hybridized carbons (Fsp3) is 0.148. The van der Waals surface area contributed by atoms with Crippen LogP contribution in [0.5, 0.6) is 0 Å². The summed E-state index contributed by atoms with van der Waals surface area (Å²) >= 11 is 0. The Morgan fingerprint density at radius 3 is 2.18 bits per heavy atom. The second-order valence-electron chi connectivity index (χ2n) is 7.77. The van der Waals surface area contributed by atoms with Gasteiger partial charge in [-0.3, -0.25) is 14.8 Å². The summed E-state index contributed by atoms with van der Waals surface area (Å²) in [6.07, 6.45) is 7.21. The summed E-state index contributed by atoms with van der Waals surface area (Å²) in [6.45, 7) is 1.74. The predicted octanol–water partition coefficient (Wildman–Crippen LogP) is 4.71. The van der Waals surface area contributed by atoms with E-state index in [1.807, 2.05) is 73.1 Å². The van der Waals surface area contributed by atoms with Crippen molar-refractivity contribution in [3.8, 4) is 6.07 Å². The van der Waals surface area contributed by atoms with Gasteiger partial charge in [-0.15, -0.1) is 0 Å². The first-order chi connectivity index (χ1) is 16.2. The number of pyridine rings is 3. The Balaban J connectivity index is 1.90. The summed E-state index contributed by atoms with van der Waals surface area (Å²) in [5.74, 6) is 0.298. The van der Waals surface area contributed by atoms with E-state index in [1.54, 1.807) is 18.5 Å². The second-order valence-corrected chi connectivity index (χ2v) is 7.77. The van der Waals surface area contributed by atoms with E-state index in [1.165, 1.54) is 6.92 Å². The molecule has 0 saturated heterocycles. The maximum atomic E-state index is 11.5. The normalized spacial score (nSPS) is 11.5. The fourth-order valence-electron chi connectivity index (χ4n) is 3.97. The van der Waals surface area contributed by atoms with E-state index in [4.69, 9.17) is 4.98 Å². The van der Waals surface area contributed by atoms with Gasteiger partial charge in [0, 0.05) is 36.6 Å². The van der Waals surface area contributed by atoms with Crippen molar-refractivity contribution in [3.63, 3.8) is 0 Å². The van der Waals surface area contributed by atoms with Crippen LogP contribution in [0.1, 0.15) is 46.7 Å². The van der Waals surface area contributed by atoms with Gasteiger partial charge in [0.2, 0.25) is 0 Å². The molecule has 1 aromatic carbocycles. The first kappa shape index (κ1) is 21.8. The number of ketones is 1. The lowest BCUT2D eigenvalue weighted by Crippen LogP contribution is -2.18. The second kappa shape index (κ2) is 10.3. The number of hydrogen-bond donors (Lipinski definition) is 1. The van der Waals surface area contributed by atoms with Crippen LogP contribution >= 0.6 is 0 Å². The maximum absolute atomic E-state index is 11.5. The highest BCUT2D eigenvalue weighted by atomic mass is 16.1. The summed E-state index contributed by atoms with van der Waals surface area (Å²) in [7, 11) is 0. The molecule has 6 heteroatoms. The van der Waals surface area contributed by atoms with Crippen molar-refractivity contribution < 1.29 is 4.79 Å². The zero-order valence-corrected chi connectivity index (χ0v) is 18.2. The number of aromatic nitrogens is 3. The molecule has 3 aromatic heterocycles. The summed E-state index contributed by atoms with van der Waals surface area (Å²) in [6, 6.07) is 23.5. The molecule has 3 heterocycles. The van der Waals surface area contributed by atoms with Crippen molar-refractivity contribution in [1.82, 2.24) is 15.0 Å². The number of carbonyl (C=O) groups excluding carboxylic acids is 1. The first-order valence-electron chi connectivity index (χ1n) is 10.7. The number of hydrogen-bond acceptors (Lipinski definition) is 6. The average molecular weight is 434 g/mol. The predicted molar refractivity (Wildman–Crippen MR) is 127 cm³/mol.